The van der Waals surface area contributed by atoms with Gasteiger partial charge in [-0.05, 0) is 105 Å². The van der Waals surface area contributed by atoms with Crippen molar-refractivity contribution < 1.29 is 27.2 Å². The number of anilines is 1. The number of allylic oxidation sites excluding steroid dienone is 1. The van der Waals surface area contributed by atoms with E-state index in [1.807, 2.05) is 44.4 Å². The fourth-order valence-corrected chi connectivity index (χ4v) is 10.0. The Balaban J connectivity index is 1.21. The van der Waals surface area contributed by atoms with Crippen LogP contribution in [-0.2, 0) is 34.3 Å². The van der Waals surface area contributed by atoms with Crippen LogP contribution in [0.2, 0.25) is 5.02 Å². The highest BCUT2D eigenvalue weighted by Crippen LogP contribution is 2.47. The van der Waals surface area contributed by atoms with Gasteiger partial charge in [0.25, 0.3) is 5.91 Å². The lowest BCUT2D eigenvalue weighted by Crippen LogP contribution is -2.58. The molecule has 1 amide bonds. The van der Waals surface area contributed by atoms with E-state index in [0.717, 1.165) is 89.2 Å². The highest BCUT2D eigenvalue weighted by atomic mass is 35.5. The molecule has 4 heterocycles. The molecule has 7 rings (SSSR count). The minimum absolute atomic E-state index is 0.237. The third kappa shape index (κ3) is 8.65. The molecule has 3 aromatic rings. The molecule has 1 aliphatic carbocycles. The molecule has 1 saturated heterocycles. The van der Waals surface area contributed by atoms with Gasteiger partial charge in [0.05, 0.1) is 17.5 Å². The van der Waals surface area contributed by atoms with Crippen LogP contribution in [0.15, 0.2) is 59.5 Å². The SMILES string of the molecule is CO[C@@]1(CN2CCN(Cc3ncon3)CC2)/C=C/C[C@H](C)[C@@H](C)S(=O)(=O)NC(=O)c2ccc3c(c2)N(CCCCc2cc(Cl)ccc2CO3)C[C@@H]2CC[C@H]21. The molecule has 0 unspecified atom stereocenters. The van der Waals surface area contributed by atoms with Gasteiger partial charge in [0.15, 0.2) is 5.82 Å². The molecule has 12 nitrogen and oxygen atoms in total. The van der Waals surface area contributed by atoms with Gasteiger partial charge in [0, 0.05) is 63.5 Å². The van der Waals surface area contributed by atoms with Crippen LogP contribution in [0.3, 0.4) is 0 Å². The lowest BCUT2D eigenvalue weighted by atomic mass is 9.63. The first-order chi connectivity index (χ1) is 26.0. The number of rotatable bonds is 5. The smallest absolute Gasteiger partial charge is 0.264 e. The number of aromatic nitrogens is 2. The lowest BCUT2D eigenvalue weighted by Gasteiger charge is -2.52. The molecule has 0 spiro atoms. The number of aryl methyl sites for hydroxylation is 1. The van der Waals surface area contributed by atoms with Crippen molar-refractivity contribution in [2.45, 2.75) is 76.4 Å². The number of carbonyl (C=O) groups is 1. The molecule has 54 heavy (non-hydrogen) atoms. The Labute approximate surface area is 324 Å². The van der Waals surface area contributed by atoms with E-state index in [2.05, 4.69) is 41.7 Å². The Kier molecular flexibility index (Phi) is 12.0. The normalized spacial score (nSPS) is 29.0. The van der Waals surface area contributed by atoms with Crippen LogP contribution in [0.4, 0.5) is 5.69 Å². The number of fused-ring (bicyclic) bond motifs is 3. The van der Waals surface area contributed by atoms with E-state index in [1.165, 1.54) is 12.0 Å². The summed E-state index contributed by atoms with van der Waals surface area (Å²) in [6, 6.07) is 11.2. The summed E-state index contributed by atoms with van der Waals surface area (Å²) in [4.78, 5) is 25.0. The maximum Gasteiger partial charge on any atom is 0.264 e. The minimum atomic E-state index is -3.97. The van der Waals surface area contributed by atoms with Crippen molar-refractivity contribution in [1.29, 1.82) is 0 Å². The number of ether oxygens (including phenoxy) is 2. The number of piperazine rings is 1. The Morgan fingerprint density at radius 1 is 1.02 bits per heavy atom. The zero-order valence-corrected chi connectivity index (χ0v) is 33.2. The topological polar surface area (TPSA) is 130 Å². The average Bonchev–Trinajstić information content (AvgIpc) is 3.65. The summed E-state index contributed by atoms with van der Waals surface area (Å²) >= 11 is 6.41. The van der Waals surface area contributed by atoms with Gasteiger partial charge in [-0.1, -0.05) is 41.9 Å². The molecule has 1 aromatic heterocycles. The molecule has 2 fully saturated rings. The highest BCUT2D eigenvalue weighted by molar-refractivity contribution is 7.90. The summed E-state index contributed by atoms with van der Waals surface area (Å²) in [5, 5.41) is 3.91. The monoisotopic (exact) mass is 780 g/mol. The molecule has 1 saturated carbocycles. The zero-order valence-electron chi connectivity index (χ0n) is 31.6. The van der Waals surface area contributed by atoms with E-state index in [1.54, 1.807) is 13.0 Å². The second-order valence-corrected chi connectivity index (χ2v) is 18.1. The number of sulfonamides is 1. The van der Waals surface area contributed by atoms with Gasteiger partial charge >= 0.3 is 0 Å². The minimum Gasteiger partial charge on any atom is -0.487 e. The van der Waals surface area contributed by atoms with E-state index in [4.69, 9.17) is 25.6 Å². The molecule has 292 valence electrons. The fraction of sp³-hybridized carbons (Fsp3) is 0.575. The maximum atomic E-state index is 13.6. The van der Waals surface area contributed by atoms with Crippen LogP contribution in [0.5, 0.6) is 5.75 Å². The van der Waals surface area contributed by atoms with Crippen molar-refractivity contribution in [1.82, 2.24) is 24.7 Å². The molecule has 5 atom stereocenters. The standard InChI is InChI=1S/C40H53ClN6O6S/c1-28-7-6-15-40(51-3,26-46-19-17-45(18-20-46)24-38-42-27-53-43-38)35-13-10-32(35)23-47-16-5-4-8-30-21-34(41)12-9-33(30)25-52-37-14-11-31(22-36(37)47)39(48)44-54(49,50)29(28)2/h6,9,11-12,14-15,21-22,27-29,32,35H,4-5,7-8,10,13,16-20,23-26H2,1-3H3,(H,44,48)/b15-6+/t28-,29+,32-,35+,40+/m0/s1. The summed E-state index contributed by atoms with van der Waals surface area (Å²) in [5.41, 5.74) is 2.78. The van der Waals surface area contributed by atoms with Gasteiger partial charge in [-0.3, -0.25) is 14.6 Å². The summed E-state index contributed by atoms with van der Waals surface area (Å²) in [6.45, 7) is 10.4. The maximum absolute atomic E-state index is 13.6. The van der Waals surface area contributed by atoms with Crippen molar-refractivity contribution in [3.05, 3.63) is 82.5 Å². The number of amides is 1. The summed E-state index contributed by atoms with van der Waals surface area (Å²) < 4.78 is 47.7. The first-order valence-electron chi connectivity index (χ1n) is 19.3. The van der Waals surface area contributed by atoms with Crippen molar-refractivity contribution in [2.24, 2.45) is 17.8 Å². The van der Waals surface area contributed by atoms with Crippen molar-refractivity contribution in [2.75, 3.05) is 57.8 Å². The predicted molar refractivity (Wildman–Crippen MR) is 208 cm³/mol. The van der Waals surface area contributed by atoms with Crippen LogP contribution in [0.25, 0.3) is 0 Å². The van der Waals surface area contributed by atoms with Crippen molar-refractivity contribution in [3.63, 3.8) is 0 Å². The third-order valence-corrected chi connectivity index (χ3v) is 14.4. The lowest BCUT2D eigenvalue weighted by molar-refractivity contribution is -0.0956. The largest absolute Gasteiger partial charge is 0.487 e. The summed E-state index contributed by atoms with van der Waals surface area (Å²) in [7, 11) is -2.15. The number of benzene rings is 2. The van der Waals surface area contributed by atoms with Gasteiger partial charge in [-0.25, -0.2) is 13.1 Å². The Morgan fingerprint density at radius 3 is 2.57 bits per heavy atom. The molecular weight excluding hydrogens is 728 g/mol. The highest BCUT2D eigenvalue weighted by Gasteiger charge is 2.48. The molecule has 2 aromatic carbocycles. The van der Waals surface area contributed by atoms with E-state index < -0.39 is 26.8 Å². The Morgan fingerprint density at radius 2 is 1.83 bits per heavy atom. The molecule has 1 N–H and O–H groups in total. The molecule has 4 aliphatic rings. The van der Waals surface area contributed by atoms with Crippen LogP contribution >= 0.6 is 11.6 Å². The molecule has 0 radical (unpaired) electrons. The quantitative estimate of drug-likeness (QED) is 0.320. The van der Waals surface area contributed by atoms with Gasteiger partial charge in [0.2, 0.25) is 16.4 Å². The van der Waals surface area contributed by atoms with Gasteiger partial charge < -0.3 is 18.9 Å². The molecule has 14 heteroatoms. The first kappa shape index (κ1) is 38.8. The summed E-state index contributed by atoms with van der Waals surface area (Å²) in [6.07, 6.45) is 11.1. The predicted octanol–water partition coefficient (Wildman–Crippen LogP) is 5.72. The number of halogens is 1. The number of carbonyl (C=O) groups excluding carboxylic acids is 1. The van der Waals surface area contributed by atoms with E-state index in [-0.39, 0.29) is 17.4 Å². The van der Waals surface area contributed by atoms with Crippen LogP contribution in [0, 0.1) is 17.8 Å². The van der Waals surface area contributed by atoms with Crippen LogP contribution in [0.1, 0.15) is 73.3 Å². The van der Waals surface area contributed by atoms with Crippen molar-refractivity contribution >= 4 is 33.2 Å². The number of methoxy groups -OCH3 is 1. The molecule has 2 bridgehead atoms. The fourth-order valence-electron chi connectivity index (χ4n) is 8.55. The average molecular weight is 781 g/mol. The Hall–Kier alpha value is -3.49. The van der Waals surface area contributed by atoms with E-state index in [0.29, 0.717) is 42.1 Å². The number of nitrogens with one attached hydrogen (secondary N) is 1. The van der Waals surface area contributed by atoms with Crippen LogP contribution in [-0.4, -0.2) is 98.0 Å². The number of hydrogen-bond donors (Lipinski definition) is 1. The molecular formula is C40H53ClN6O6S. The van der Waals surface area contributed by atoms with Crippen molar-refractivity contribution in [3.8, 4) is 5.75 Å². The number of hydrogen-bond acceptors (Lipinski definition) is 11. The van der Waals surface area contributed by atoms with Gasteiger partial charge in [-0.2, -0.15) is 4.98 Å². The van der Waals surface area contributed by atoms with Crippen LogP contribution < -0.4 is 14.4 Å². The Bertz CT molecular complexity index is 1900. The first-order valence-corrected chi connectivity index (χ1v) is 21.2. The van der Waals surface area contributed by atoms with Gasteiger partial charge in [-0.15, -0.1) is 0 Å². The zero-order chi connectivity index (χ0) is 37.9. The second kappa shape index (κ2) is 16.7. The molecule has 3 aliphatic heterocycles. The van der Waals surface area contributed by atoms with E-state index >= 15 is 0 Å². The third-order valence-electron chi connectivity index (χ3n) is 12.3. The summed E-state index contributed by atoms with van der Waals surface area (Å²) in [5.74, 6) is 1.04. The van der Waals surface area contributed by atoms with Gasteiger partial charge in [0.1, 0.15) is 18.0 Å². The number of nitrogens with zero attached hydrogens (tertiary/aromatic N) is 5. The second-order valence-electron chi connectivity index (χ2n) is 15.6. The van der Waals surface area contributed by atoms with E-state index in [9.17, 15) is 13.2 Å².